The molecule has 184 valence electrons. The van der Waals surface area contributed by atoms with Crippen LogP contribution in [-0.4, -0.2) is 57.8 Å². The van der Waals surface area contributed by atoms with Crippen LogP contribution in [-0.2, 0) is 24.3 Å². The summed E-state index contributed by atoms with van der Waals surface area (Å²) in [5, 5.41) is 0.792. The Balaban J connectivity index is 1.23. The van der Waals surface area contributed by atoms with Gasteiger partial charge in [0.05, 0.1) is 6.54 Å². The number of aromatic nitrogens is 2. The SMILES string of the molecule is O=C(CN(Cc1ccccc1)c1nc(Cc2ccccc2)ns1)N1CCN(Cc2ccccc2)CC1. The Hall–Kier alpha value is -3.55. The minimum absolute atomic E-state index is 0.144. The van der Waals surface area contributed by atoms with Gasteiger partial charge in [-0.05, 0) is 16.7 Å². The highest BCUT2D eigenvalue weighted by atomic mass is 32.1. The first-order valence-corrected chi connectivity index (χ1v) is 13.2. The van der Waals surface area contributed by atoms with Crippen molar-refractivity contribution in [2.45, 2.75) is 19.5 Å². The Morgan fingerprint density at radius 2 is 1.36 bits per heavy atom. The fraction of sp³-hybridized carbons (Fsp3) is 0.276. The molecule has 1 aromatic heterocycles. The van der Waals surface area contributed by atoms with E-state index in [0.717, 1.165) is 49.2 Å². The van der Waals surface area contributed by atoms with Gasteiger partial charge in [0.2, 0.25) is 11.0 Å². The molecule has 0 atom stereocenters. The number of hydrogen-bond donors (Lipinski definition) is 0. The van der Waals surface area contributed by atoms with E-state index >= 15 is 0 Å². The fourth-order valence-corrected chi connectivity index (χ4v) is 5.16. The smallest absolute Gasteiger partial charge is 0.242 e. The molecule has 5 rings (SSSR count). The second-order valence-corrected chi connectivity index (χ2v) is 9.87. The predicted octanol–water partition coefficient (Wildman–Crippen LogP) is 4.48. The van der Waals surface area contributed by atoms with Gasteiger partial charge in [-0.2, -0.15) is 4.37 Å². The second-order valence-electron chi connectivity index (χ2n) is 9.14. The third-order valence-electron chi connectivity index (χ3n) is 6.45. The molecule has 1 aliphatic rings. The summed E-state index contributed by atoms with van der Waals surface area (Å²) in [6, 6.07) is 31.0. The van der Waals surface area contributed by atoms with E-state index in [-0.39, 0.29) is 5.91 Å². The van der Waals surface area contributed by atoms with Gasteiger partial charge in [-0.25, -0.2) is 4.98 Å². The van der Waals surface area contributed by atoms with Gasteiger partial charge < -0.3 is 9.80 Å². The molecule has 1 saturated heterocycles. The van der Waals surface area contributed by atoms with E-state index in [1.807, 2.05) is 47.4 Å². The molecule has 0 N–H and O–H groups in total. The zero-order chi connectivity index (χ0) is 24.6. The minimum Gasteiger partial charge on any atom is -0.339 e. The Bertz CT molecular complexity index is 1220. The lowest BCUT2D eigenvalue weighted by Gasteiger charge is -2.35. The Kier molecular flexibility index (Phi) is 8.00. The van der Waals surface area contributed by atoms with Crippen molar-refractivity contribution >= 4 is 22.6 Å². The highest BCUT2D eigenvalue weighted by Crippen LogP contribution is 2.22. The van der Waals surface area contributed by atoms with Crippen molar-refractivity contribution < 1.29 is 4.79 Å². The number of anilines is 1. The molecule has 0 radical (unpaired) electrons. The van der Waals surface area contributed by atoms with Crippen molar-refractivity contribution in [1.29, 1.82) is 0 Å². The number of hydrogen-bond acceptors (Lipinski definition) is 6. The number of benzene rings is 3. The van der Waals surface area contributed by atoms with E-state index < -0.39 is 0 Å². The molecule has 0 aliphatic carbocycles. The summed E-state index contributed by atoms with van der Waals surface area (Å²) < 4.78 is 4.60. The van der Waals surface area contributed by atoms with E-state index in [4.69, 9.17) is 4.98 Å². The molecule has 0 spiro atoms. The van der Waals surface area contributed by atoms with Crippen LogP contribution in [0.15, 0.2) is 91.0 Å². The van der Waals surface area contributed by atoms with E-state index in [9.17, 15) is 4.79 Å². The summed E-state index contributed by atoms with van der Waals surface area (Å²) in [6.45, 7) is 5.13. The Labute approximate surface area is 217 Å². The molecule has 0 saturated carbocycles. The second kappa shape index (κ2) is 11.9. The average molecular weight is 498 g/mol. The lowest BCUT2D eigenvalue weighted by molar-refractivity contribution is -0.131. The van der Waals surface area contributed by atoms with Gasteiger partial charge in [0.15, 0.2) is 0 Å². The van der Waals surface area contributed by atoms with Crippen LogP contribution >= 0.6 is 11.5 Å². The van der Waals surface area contributed by atoms with E-state index in [1.54, 1.807) is 0 Å². The van der Waals surface area contributed by atoms with Crippen LogP contribution in [0.4, 0.5) is 5.13 Å². The summed E-state index contributed by atoms with van der Waals surface area (Å²) in [6.07, 6.45) is 0.688. The van der Waals surface area contributed by atoms with Gasteiger partial charge in [0.25, 0.3) is 0 Å². The van der Waals surface area contributed by atoms with Gasteiger partial charge in [0.1, 0.15) is 5.82 Å². The largest absolute Gasteiger partial charge is 0.339 e. The maximum atomic E-state index is 13.4. The Morgan fingerprint density at radius 1 is 0.778 bits per heavy atom. The predicted molar refractivity (Wildman–Crippen MR) is 145 cm³/mol. The molecular weight excluding hydrogens is 466 g/mol. The van der Waals surface area contributed by atoms with Crippen LogP contribution in [0.3, 0.4) is 0 Å². The summed E-state index contributed by atoms with van der Waals surface area (Å²) >= 11 is 1.37. The molecular formula is C29H31N5OS. The maximum Gasteiger partial charge on any atom is 0.242 e. The van der Waals surface area contributed by atoms with Crippen LogP contribution in [0.25, 0.3) is 0 Å². The zero-order valence-electron chi connectivity index (χ0n) is 20.4. The summed E-state index contributed by atoms with van der Waals surface area (Å²) in [5.74, 6) is 0.936. The molecule has 7 heteroatoms. The summed E-state index contributed by atoms with van der Waals surface area (Å²) in [4.78, 5) is 24.6. The first kappa shape index (κ1) is 24.2. The third-order valence-corrected chi connectivity index (χ3v) is 7.26. The van der Waals surface area contributed by atoms with Gasteiger partial charge in [0, 0.05) is 57.2 Å². The molecule has 6 nitrogen and oxygen atoms in total. The van der Waals surface area contributed by atoms with E-state index in [0.29, 0.717) is 19.5 Å². The Morgan fingerprint density at radius 3 is 2.00 bits per heavy atom. The molecule has 4 aromatic rings. The monoisotopic (exact) mass is 497 g/mol. The molecule has 0 unspecified atom stereocenters. The van der Waals surface area contributed by atoms with Gasteiger partial charge in [-0.3, -0.25) is 9.69 Å². The number of amides is 1. The molecule has 1 aliphatic heterocycles. The quantitative estimate of drug-likeness (QED) is 0.341. The number of carbonyl (C=O) groups excluding carboxylic acids is 1. The summed E-state index contributed by atoms with van der Waals surface area (Å²) in [5.41, 5.74) is 3.65. The normalized spacial score (nSPS) is 14.1. The van der Waals surface area contributed by atoms with Gasteiger partial charge in [-0.15, -0.1) is 0 Å². The third kappa shape index (κ3) is 6.56. The van der Waals surface area contributed by atoms with Crippen molar-refractivity contribution in [2.75, 3.05) is 37.6 Å². The summed E-state index contributed by atoms with van der Waals surface area (Å²) in [7, 11) is 0. The van der Waals surface area contributed by atoms with Crippen LogP contribution in [0, 0.1) is 0 Å². The number of carbonyl (C=O) groups is 1. The van der Waals surface area contributed by atoms with Crippen molar-refractivity contribution in [3.05, 3.63) is 114 Å². The topological polar surface area (TPSA) is 52.6 Å². The maximum absolute atomic E-state index is 13.4. The lowest BCUT2D eigenvalue weighted by atomic mass is 10.1. The standard InChI is InChI=1S/C29H31N5OS/c35-28(33-18-16-32(17-19-33)21-25-12-6-2-7-13-25)23-34(22-26-14-8-3-9-15-26)29-30-27(31-36-29)20-24-10-4-1-5-11-24/h1-15H,16-23H2. The molecule has 0 bridgehead atoms. The first-order chi connectivity index (χ1) is 17.7. The van der Waals surface area contributed by atoms with E-state index in [1.165, 1.54) is 22.7 Å². The van der Waals surface area contributed by atoms with Crippen molar-refractivity contribution in [3.63, 3.8) is 0 Å². The molecule has 36 heavy (non-hydrogen) atoms. The zero-order valence-corrected chi connectivity index (χ0v) is 21.2. The highest BCUT2D eigenvalue weighted by molar-refractivity contribution is 7.09. The van der Waals surface area contributed by atoms with Gasteiger partial charge in [-0.1, -0.05) is 91.0 Å². The minimum atomic E-state index is 0.144. The average Bonchev–Trinajstić information content (AvgIpc) is 3.39. The van der Waals surface area contributed by atoms with Crippen LogP contribution in [0.1, 0.15) is 22.5 Å². The lowest BCUT2D eigenvalue weighted by Crippen LogP contribution is -2.50. The van der Waals surface area contributed by atoms with Crippen molar-refractivity contribution in [2.24, 2.45) is 0 Å². The fourth-order valence-electron chi connectivity index (χ4n) is 4.48. The van der Waals surface area contributed by atoms with Crippen LogP contribution in [0.5, 0.6) is 0 Å². The highest BCUT2D eigenvalue weighted by Gasteiger charge is 2.24. The first-order valence-electron chi connectivity index (χ1n) is 12.4. The van der Waals surface area contributed by atoms with Crippen LogP contribution in [0.2, 0.25) is 0 Å². The van der Waals surface area contributed by atoms with Crippen molar-refractivity contribution in [1.82, 2.24) is 19.2 Å². The molecule has 1 amide bonds. The molecule has 3 aromatic carbocycles. The van der Waals surface area contributed by atoms with E-state index in [2.05, 4.69) is 62.7 Å². The van der Waals surface area contributed by atoms with Gasteiger partial charge >= 0.3 is 0 Å². The van der Waals surface area contributed by atoms with Crippen molar-refractivity contribution in [3.8, 4) is 0 Å². The number of piperazine rings is 1. The van der Waals surface area contributed by atoms with Crippen LogP contribution < -0.4 is 4.90 Å². The molecule has 1 fully saturated rings. The number of nitrogens with zero attached hydrogens (tertiary/aromatic N) is 5. The molecule has 2 heterocycles. The number of rotatable bonds is 9.